The van der Waals surface area contributed by atoms with Gasteiger partial charge in [-0.15, -0.1) is 0 Å². The molecule has 3 N–H and O–H groups in total. The highest BCUT2D eigenvalue weighted by Gasteiger charge is 2.33. The van der Waals surface area contributed by atoms with E-state index in [9.17, 15) is 13.2 Å². The van der Waals surface area contributed by atoms with E-state index < -0.39 is 17.5 Å². The third kappa shape index (κ3) is 2.13. The molecule has 0 heterocycles. The molecule has 0 amide bonds. The summed E-state index contributed by atoms with van der Waals surface area (Å²) >= 11 is 0. The average molecular weight is 180 g/mol. The molecule has 0 unspecified atom stereocenters. The van der Waals surface area contributed by atoms with Gasteiger partial charge in [0.15, 0.2) is 0 Å². The summed E-state index contributed by atoms with van der Waals surface area (Å²) in [4.78, 5) is 0. The van der Waals surface area contributed by atoms with Crippen molar-refractivity contribution in [1.82, 2.24) is 0 Å². The molecule has 1 aromatic rings. The fourth-order valence-corrected chi connectivity index (χ4v) is 0.713. The van der Waals surface area contributed by atoms with Crippen molar-refractivity contribution in [2.24, 2.45) is 0 Å². The first-order valence-electron chi connectivity index (χ1n) is 2.87. The predicted molar refractivity (Wildman–Crippen MR) is 36.7 cm³/mol. The van der Waals surface area contributed by atoms with Crippen LogP contribution in [-0.4, -0.2) is 10.6 Å². The maximum atomic E-state index is 11.9. The van der Waals surface area contributed by atoms with Crippen molar-refractivity contribution in [3.05, 3.63) is 29.8 Å². The van der Waals surface area contributed by atoms with Gasteiger partial charge >= 0.3 is 6.18 Å². The van der Waals surface area contributed by atoms with Crippen LogP contribution in [0.3, 0.4) is 0 Å². The van der Waals surface area contributed by atoms with Gasteiger partial charge in [-0.2, -0.15) is 13.2 Å². The molecule has 1 aromatic carbocycles. The zero-order chi connectivity index (χ0) is 8.48. The van der Waals surface area contributed by atoms with Crippen LogP contribution in [-0.2, 0) is 6.18 Å². The number of aromatic hydroxyl groups is 1. The summed E-state index contributed by atoms with van der Waals surface area (Å²) in [5, 5.41) is 8.73. The maximum Gasteiger partial charge on any atom is 0.419 e. The molecule has 2 nitrogen and oxygen atoms in total. The van der Waals surface area contributed by atoms with Crippen molar-refractivity contribution in [3.63, 3.8) is 0 Å². The van der Waals surface area contributed by atoms with Gasteiger partial charge in [-0.05, 0) is 12.1 Å². The van der Waals surface area contributed by atoms with Crippen molar-refractivity contribution in [2.75, 3.05) is 0 Å². The highest BCUT2D eigenvalue weighted by Crippen LogP contribution is 2.34. The summed E-state index contributed by atoms with van der Waals surface area (Å²) in [6.45, 7) is 0. The Labute approximate surface area is 66.6 Å². The summed E-state index contributed by atoms with van der Waals surface area (Å²) in [6, 6.07) is 4.39. The molecular formula is C7H7F3O2. The van der Waals surface area contributed by atoms with Crippen molar-refractivity contribution in [3.8, 4) is 5.75 Å². The van der Waals surface area contributed by atoms with Gasteiger partial charge in [0.2, 0.25) is 0 Å². The highest BCUT2D eigenvalue weighted by molar-refractivity contribution is 5.33. The quantitative estimate of drug-likeness (QED) is 0.647. The first-order chi connectivity index (χ1) is 5.02. The molecule has 0 saturated heterocycles. The topological polar surface area (TPSA) is 51.7 Å². The molecule has 0 saturated carbocycles. The summed E-state index contributed by atoms with van der Waals surface area (Å²) in [7, 11) is 0. The molecule has 0 radical (unpaired) electrons. The Hall–Kier alpha value is -1.23. The van der Waals surface area contributed by atoms with Gasteiger partial charge < -0.3 is 10.6 Å². The lowest BCUT2D eigenvalue weighted by molar-refractivity contribution is -0.138. The van der Waals surface area contributed by atoms with Gasteiger partial charge in [0.1, 0.15) is 5.75 Å². The number of rotatable bonds is 0. The zero-order valence-electron chi connectivity index (χ0n) is 5.89. The second kappa shape index (κ2) is 3.44. The van der Waals surface area contributed by atoms with Crippen LogP contribution in [0.2, 0.25) is 0 Å². The van der Waals surface area contributed by atoms with Crippen LogP contribution < -0.4 is 0 Å². The zero-order valence-corrected chi connectivity index (χ0v) is 5.89. The van der Waals surface area contributed by atoms with E-state index in [-0.39, 0.29) is 5.48 Å². The van der Waals surface area contributed by atoms with Crippen molar-refractivity contribution in [1.29, 1.82) is 0 Å². The van der Waals surface area contributed by atoms with Crippen LogP contribution >= 0.6 is 0 Å². The monoisotopic (exact) mass is 180 g/mol. The van der Waals surface area contributed by atoms with E-state index in [1.807, 2.05) is 0 Å². The van der Waals surface area contributed by atoms with Crippen LogP contribution in [0, 0.1) is 0 Å². The van der Waals surface area contributed by atoms with Gasteiger partial charge in [-0.1, -0.05) is 12.1 Å². The Morgan fingerprint density at radius 2 is 1.58 bits per heavy atom. The SMILES string of the molecule is O.Oc1ccccc1C(F)(F)F. The van der Waals surface area contributed by atoms with Crippen molar-refractivity contribution in [2.45, 2.75) is 6.18 Å². The third-order valence-electron chi connectivity index (χ3n) is 1.21. The second-order valence-corrected chi connectivity index (χ2v) is 2.01. The van der Waals surface area contributed by atoms with Crippen LogP contribution in [0.4, 0.5) is 13.2 Å². The first-order valence-corrected chi connectivity index (χ1v) is 2.87. The molecule has 0 bridgehead atoms. The molecule has 0 fully saturated rings. The standard InChI is InChI=1S/C7H5F3O.H2O/c8-7(9,10)5-3-1-2-4-6(5)11;/h1-4,11H;1H2. The van der Waals surface area contributed by atoms with Gasteiger partial charge in [-0.25, -0.2) is 0 Å². The molecule has 0 aliphatic carbocycles. The molecule has 5 heteroatoms. The minimum absolute atomic E-state index is 0. The fourth-order valence-electron chi connectivity index (χ4n) is 0.713. The molecule has 0 aliphatic heterocycles. The second-order valence-electron chi connectivity index (χ2n) is 2.01. The Morgan fingerprint density at radius 3 is 1.92 bits per heavy atom. The summed E-state index contributed by atoms with van der Waals surface area (Å²) in [5.41, 5.74) is -1.000. The highest BCUT2D eigenvalue weighted by atomic mass is 19.4. The van der Waals surface area contributed by atoms with Gasteiger partial charge in [-0.3, -0.25) is 0 Å². The summed E-state index contributed by atoms with van der Waals surface area (Å²) in [6.07, 6.45) is -4.47. The number of benzene rings is 1. The molecule has 0 aromatic heterocycles. The van der Waals surface area contributed by atoms with Crippen LogP contribution in [0.5, 0.6) is 5.75 Å². The molecule has 12 heavy (non-hydrogen) atoms. The maximum absolute atomic E-state index is 11.9. The minimum atomic E-state index is -4.47. The van der Waals surface area contributed by atoms with E-state index in [1.165, 1.54) is 12.1 Å². The van der Waals surface area contributed by atoms with Crippen molar-refractivity contribution < 1.29 is 23.8 Å². The average Bonchev–Trinajstić information content (AvgIpc) is 1.86. The molecule has 1 rings (SSSR count). The van der Waals surface area contributed by atoms with Crippen LogP contribution in [0.15, 0.2) is 24.3 Å². The van der Waals surface area contributed by atoms with Gasteiger partial charge in [0, 0.05) is 0 Å². The molecule has 0 spiro atoms. The molecular weight excluding hydrogens is 173 g/mol. The lowest BCUT2D eigenvalue weighted by atomic mass is 10.2. The molecule has 68 valence electrons. The number of hydrogen-bond donors (Lipinski definition) is 1. The number of hydrogen-bond acceptors (Lipinski definition) is 1. The van der Waals surface area contributed by atoms with Gasteiger partial charge in [0.25, 0.3) is 0 Å². The van der Waals surface area contributed by atoms with E-state index in [0.29, 0.717) is 0 Å². The first kappa shape index (κ1) is 10.8. The number of phenolic OH excluding ortho intramolecular Hbond substituents is 1. The predicted octanol–water partition coefficient (Wildman–Crippen LogP) is 1.59. The number of phenols is 1. The number of halogens is 3. The summed E-state index contributed by atoms with van der Waals surface area (Å²) < 4.78 is 35.7. The van der Waals surface area contributed by atoms with E-state index in [4.69, 9.17) is 5.11 Å². The number of alkyl halides is 3. The van der Waals surface area contributed by atoms with E-state index in [2.05, 4.69) is 0 Å². The van der Waals surface area contributed by atoms with E-state index >= 15 is 0 Å². The lowest BCUT2D eigenvalue weighted by Gasteiger charge is -2.06. The largest absolute Gasteiger partial charge is 0.507 e. The lowest BCUT2D eigenvalue weighted by Crippen LogP contribution is -2.04. The Balaban J connectivity index is 0.00000121. The van der Waals surface area contributed by atoms with Crippen molar-refractivity contribution >= 4 is 0 Å². The third-order valence-corrected chi connectivity index (χ3v) is 1.21. The Bertz CT molecular complexity index is 257. The van der Waals surface area contributed by atoms with Crippen LogP contribution in [0.25, 0.3) is 0 Å². The fraction of sp³-hybridized carbons (Fsp3) is 0.143. The Morgan fingerprint density at radius 1 is 1.08 bits per heavy atom. The smallest absolute Gasteiger partial charge is 0.419 e. The minimum Gasteiger partial charge on any atom is -0.507 e. The molecule has 0 aliphatic rings. The molecule has 0 atom stereocenters. The summed E-state index contributed by atoms with van der Waals surface area (Å²) in [5.74, 6) is -0.736. The Kier molecular flexibility index (Phi) is 3.09. The van der Waals surface area contributed by atoms with E-state index in [0.717, 1.165) is 12.1 Å². The van der Waals surface area contributed by atoms with E-state index in [1.54, 1.807) is 0 Å². The number of para-hydroxylation sites is 1. The van der Waals surface area contributed by atoms with Gasteiger partial charge in [0.05, 0.1) is 5.56 Å². The normalized spacial score (nSPS) is 10.6. The van der Waals surface area contributed by atoms with Crippen LogP contribution in [0.1, 0.15) is 5.56 Å².